The smallest absolute Gasteiger partial charge is 0.201 e. The van der Waals surface area contributed by atoms with E-state index in [9.17, 15) is 8.42 Å². The van der Waals surface area contributed by atoms with Gasteiger partial charge in [0.05, 0.1) is 22.2 Å². The van der Waals surface area contributed by atoms with Crippen molar-refractivity contribution < 1.29 is 8.42 Å². The Bertz CT molecular complexity index is 545. The van der Waals surface area contributed by atoms with Gasteiger partial charge in [-0.1, -0.05) is 18.2 Å². The van der Waals surface area contributed by atoms with Crippen LogP contribution in [0.4, 0.5) is 0 Å². The second-order valence-electron chi connectivity index (χ2n) is 3.05. The van der Waals surface area contributed by atoms with E-state index in [0.29, 0.717) is 5.70 Å². The first-order valence-corrected chi connectivity index (χ1v) is 6.06. The molecule has 0 saturated heterocycles. The minimum atomic E-state index is -3.45. The molecule has 2 rings (SSSR count). The molecule has 1 aromatic rings. The average Bonchev–Trinajstić information content (AvgIpc) is 2.31. The van der Waals surface area contributed by atoms with E-state index >= 15 is 0 Å². The number of benzene rings is 1. The van der Waals surface area contributed by atoms with Crippen molar-refractivity contribution in [2.45, 2.75) is 4.90 Å². The van der Waals surface area contributed by atoms with Crippen LogP contribution < -0.4 is 5.43 Å². The zero-order valence-electron chi connectivity index (χ0n) is 8.24. The third-order valence-corrected chi connectivity index (χ3v) is 3.37. The van der Waals surface area contributed by atoms with Crippen LogP contribution in [0.25, 0.3) is 0 Å². The summed E-state index contributed by atoms with van der Waals surface area (Å²) in [7, 11) is -3.45. The highest BCUT2D eigenvalue weighted by Gasteiger charge is 2.11. The van der Waals surface area contributed by atoms with Crippen molar-refractivity contribution in [3.8, 4) is 0 Å². The second-order valence-corrected chi connectivity index (χ2v) is 4.84. The summed E-state index contributed by atoms with van der Waals surface area (Å²) >= 11 is 0. The van der Waals surface area contributed by atoms with Crippen LogP contribution in [0.2, 0.25) is 0 Å². The lowest BCUT2D eigenvalue weighted by atomic mass is 10.4. The molecule has 0 amide bonds. The molecule has 0 spiro atoms. The largest absolute Gasteiger partial charge is 0.268 e. The Balaban J connectivity index is 2.38. The summed E-state index contributed by atoms with van der Waals surface area (Å²) in [5.41, 5.74) is 2.78. The fourth-order valence-electron chi connectivity index (χ4n) is 1.17. The molecule has 0 aromatic heterocycles. The Hall–Kier alpha value is -1.95. The SMILES string of the molecule is O=S(=O)(/C=C1\C=NNC=N1)c1ccccc1. The maximum absolute atomic E-state index is 11.9. The van der Waals surface area contributed by atoms with Gasteiger partial charge in [0.1, 0.15) is 6.34 Å². The van der Waals surface area contributed by atoms with E-state index in [1.807, 2.05) is 0 Å². The van der Waals surface area contributed by atoms with Gasteiger partial charge < -0.3 is 0 Å². The number of hydrogen-bond acceptors (Lipinski definition) is 5. The van der Waals surface area contributed by atoms with E-state index in [4.69, 9.17) is 0 Å². The Morgan fingerprint density at radius 2 is 1.94 bits per heavy atom. The minimum absolute atomic E-state index is 0.240. The number of rotatable bonds is 2. The average molecular weight is 235 g/mol. The number of sulfone groups is 1. The zero-order valence-corrected chi connectivity index (χ0v) is 9.05. The summed E-state index contributed by atoms with van der Waals surface area (Å²) in [4.78, 5) is 4.08. The molecule has 0 bridgehead atoms. The predicted molar refractivity (Wildman–Crippen MR) is 61.8 cm³/mol. The molecular formula is C10H9N3O2S. The maximum atomic E-state index is 11.9. The Morgan fingerprint density at radius 3 is 2.56 bits per heavy atom. The maximum Gasteiger partial charge on any atom is 0.201 e. The number of hydrogen-bond donors (Lipinski definition) is 1. The van der Waals surface area contributed by atoms with E-state index in [-0.39, 0.29) is 4.90 Å². The summed E-state index contributed by atoms with van der Waals surface area (Å²) in [6, 6.07) is 8.18. The van der Waals surface area contributed by atoms with E-state index in [0.717, 1.165) is 5.41 Å². The lowest BCUT2D eigenvalue weighted by Crippen LogP contribution is -2.08. The third-order valence-electron chi connectivity index (χ3n) is 1.89. The number of hydrazone groups is 1. The first-order valence-electron chi connectivity index (χ1n) is 4.51. The Morgan fingerprint density at radius 1 is 1.19 bits per heavy atom. The molecule has 0 saturated carbocycles. The van der Waals surface area contributed by atoms with Crippen LogP contribution in [0.15, 0.2) is 56.4 Å². The summed E-state index contributed by atoms with van der Waals surface area (Å²) in [6.07, 6.45) is 2.67. The van der Waals surface area contributed by atoms with Crippen molar-refractivity contribution in [1.82, 2.24) is 5.43 Å². The van der Waals surface area contributed by atoms with Crippen LogP contribution in [0, 0.1) is 0 Å². The Labute approximate surface area is 93.1 Å². The molecule has 1 aliphatic heterocycles. The van der Waals surface area contributed by atoms with E-state index < -0.39 is 9.84 Å². The highest BCUT2D eigenvalue weighted by molar-refractivity contribution is 7.94. The van der Waals surface area contributed by atoms with Crippen LogP contribution in [0.3, 0.4) is 0 Å². The van der Waals surface area contributed by atoms with Crippen LogP contribution >= 0.6 is 0 Å². The normalized spacial score (nSPS) is 17.4. The highest BCUT2D eigenvalue weighted by Crippen LogP contribution is 2.13. The second kappa shape index (κ2) is 4.28. The molecule has 1 aromatic carbocycles. The number of allylic oxidation sites excluding steroid dienone is 1. The van der Waals surface area contributed by atoms with Crippen molar-refractivity contribution in [2.24, 2.45) is 10.1 Å². The summed E-state index contributed by atoms with van der Waals surface area (Å²) in [6.45, 7) is 0. The number of nitrogens with zero attached hydrogens (tertiary/aromatic N) is 2. The van der Waals surface area contributed by atoms with Gasteiger partial charge in [0.15, 0.2) is 0 Å². The predicted octanol–water partition coefficient (Wildman–Crippen LogP) is 0.919. The molecule has 0 unspecified atom stereocenters. The lowest BCUT2D eigenvalue weighted by molar-refractivity contribution is 0.604. The molecule has 5 nitrogen and oxygen atoms in total. The van der Waals surface area contributed by atoms with Gasteiger partial charge in [-0.15, -0.1) is 0 Å². The van der Waals surface area contributed by atoms with Crippen molar-refractivity contribution in [3.63, 3.8) is 0 Å². The van der Waals surface area contributed by atoms with Crippen molar-refractivity contribution in [2.75, 3.05) is 0 Å². The van der Waals surface area contributed by atoms with Crippen LogP contribution in [-0.2, 0) is 9.84 Å². The molecule has 0 fully saturated rings. The number of nitrogens with one attached hydrogen (secondary N) is 1. The fraction of sp³-hybridized carbons (Fsp3) is 0. The summed E-state index contributed by atoms with van der Waals surface area (Å²) in [5, 5.41) is 4.77. The third kappa shape index (κ3) is 2.34. The molecule has 0 atom stereocenters. The first kappa shape index (κ1) is 10.6. The summed E-state index contributed by atoms with van der Waals surface area (Å²) in [5.74, 6) is 0. The van der Waals surface area contributed by atoms with Gasteiger partial charge in [-0.2, -0.15) is 5.10 Å². The van der Waals surface area contributed by atoms with Gasteiger partial charge in [-0.05, 0) is 12.1 Å². The molecule has 0 radical (unpaired) electrons. The highest BCUT2D eigenvalue weighted by atomic mass is 32.2. The van der Waals surface area contributed by atoms with E-state index in [1.54, 1.807) is 18.2 Å². The standard InChI is InChI=1S/C10H9N3O2S/c14-16(15,10-4-2-1-3-5-10)7-9-6-12-13-8-11-9/h1-8H,(H,11,13)/b9-7+. The topological polar surface area (TPSA) is 70.9 Å². The first-order chi connectivity index (χ1) is 7.68. The van der Waals surface area contributed by atoms with Crippen LogP contribution in [-0.4, -0.2) is 21.0 Å². The fourth-order valence-corrected chi connectivity index (χ4v) is 2.28. The van der Waals surface area contributed by atoms with Crippen molar-refractivity contribution >= 4 is 22.4 Å². The zero-order chi connectivity index (χ0) is 11.4. The molecule has 0 aliphatic carbocycles. The minimum Gasteiger partial charge on any atom is -0.268 e. The van der Waals surface area contributed by atoms with E-state index in [2.05, 4.69) is 15.5 Å². The van der Waals surface area contributed by atoms with Gasteiger partial charge in [0.2, 0.25) is 9.84 Å². The van der Waals surface area contributed by atoms with Crippen molar-refractivity contribution in [1.29, 1.82) is 0 Å². The van der Waals surface area contributed by atoms with E-state index in [1.165, 1.54) is 24.7 Å². The monoisotopic (exact) mass is 235 g/mol. The van der Waals surface area contributed by atoms with Crippen molar-refractivity contribution in [3.05, 3.63) is 41.4 Å². The molecular weight excluding hydrogens is 226 g/mol. The molecule has 1 heterocycles. The quantitative estimate of drug-likeness (QED) is 0.828. The van der Waals surface area contributed by atoms with Gasteiger partial charge in [-0.3, -0.25) is 5.43 Å². The van der Waals surface area contributed by atoms with Gasteiger partial charge in [-0.25, -0.2) is 13.4 Å². The molecule has 6 heteroatoms. The van der Waals surface area contributed by atoms with Crippen LogP contribution in [0.5, 0.6) is 0 Å². The molecule has 1 aliphatic rings. The molecule has 1 N–H and O–H groups in total. The number of aliphatic imine (C=N–C) groups is 1. The lowest BCUT2D eigenvalue weighted by Gasteiger charge is -2.01. The summed E-state index contributed by atoms with van der Waals surface area (Å²) < 4.78 is 23.7. The van der Waals surface area contributed by atoms with Gasteiger partial charge in [0.25, 0.3) is 0 Å². The van der Waals surface area contributed by atoms with Gasteiger partial charge >= 0.3 is 0 Å². The van der Waals surface area contributed by atoms with Gasteiger partial charge in [0, 0.05) is 0 Å². The molecule has 16 heavy (non-hydrogen) atoms. The molecule has 82 valence electrons. The van der Waals surface area contributed by atoms with Crippen LogP contribution in [0.1, 0.15) is 0 Å². The Kier molecular flexibility index (Phi) is 2.82.